The quantitative estimate of drug-likeness (QED) is 0.912. The van der Waals surface area contributed by atoms with Crippen LogP contribution in [0.15, 0.2) is 29.2 Å². The molecular weight excluding hydrogens is 309 g/mol. The van der Waals surface area contributed by atoms with Crippen molar-refractivity contribution in [3.8, 4) is 5.75 Å². The lowest BCUT2D eigenvalue weighted by Gasteiger charge is -2.19. The van der Waals surface area contributed by atoms with E-state index >= 15 is 0 Å². The van der Waals surface area contributed by atoms with Gasteiger partial charge in [-0.25, -0.2) is 8.42 Å². The third kappa shape index (κ3) is 3.66. The number of nitrogens with two attached hydrogens (primary N) is 1. The van der Waals surface area contributed by atoms with Gasteiger partial charge in [0.05, 0.1) is 0 Å². The van der Waals surface area contributed by atoms with E-state index in [9.17, 15) is 21.6 Å². The van der Waals surface area contributed by atoms with Crippen molar-refractivity contribution in [2.45, 2.75) is 17.7 Å². The fourth-order valence-electron chi connectivity index (χ4n) is 2.22. The van der Waals surface area contributed by atoms with Crippen molar-refractivity contribution in [1.82, 2.24) is 4.31 Å². The van der Waals surface area contributed by atoms with Gasteiger partial charge in [0.25, 0.3) is 0 Å². The molecule has 0 spiro atoms. The van der Waals surface area contributed by atoms with Crippen LogP contribution in [0.1, 0.15) is 6.42 Å². The summed E-state index contributed by atoms with van der Waals surface area (Å²) in [5.41, 5.74) is 5.50. The molecule has 21 heavy (non-hydrogen) atoms. The van der Waals surface area contributed by atoms with E-state index in [1.54, 1.807) is 0 Å². The summed E-state index contributed by atoms with van der Waals surface area (Å²) in [6.07, 6.45) is -4.35. The van der Waals surface area contributed by atoms with Crippen LogP contribution in [0.3, 0.4) is 0 Å². The van der Waals surface area contributed by atoms with Crippen LogP contribution in [0.2, 0.25) is 0 Å². The van der Waals surface area contributed by atoms with Crippen LogP contribution in [0.5, 0.6) is 5.75 Å². The van der Waals surface area contributed by atoms with Gasteiger partial charge >= 0.3 is 6.36 Å². The van der Waals surface area contributed by atoms with Gasteiger partial charge in [-0.15, -0.1) is 13.2 Å². The zero-order valence-electron chi connectivity index (χ0n) is 11.0. The third-order valence-electron chi connectivity index (χ3n) is 3.27. The number of sulfonamides is 1. The number of alkyl halides is 3. The van der Waals surface area contributed by atoms with Crippen LogP contribution in [-0.2, 0) is 10.0 Å². The van der Waals surface area contributed by atoms with Crippen molar-refractivity contribution in [3.63, 3.8) is 0 Å². The number of ether oxygens (including phenoxy) is 1. The molecule has 2 rings (SSSR count). The fourth-order valence-corrected chi connectivity index (χ4v) is 3.86. The summed E-state index contributed by atoms with van der Waals surface area (Å²) in [7, 11) is -4.03. The summed E-state index contributed by atoms with van der Waals surface area (Å²) in [5.74, 6) is -0.698. The Kier molecular flexibility index (Phi) is 4.45. The first-order valence-corrected chi connectivity index (χ1v) is 7.73. The highest BCUT2D eigenvalue weighted by molar-refractivity contribution is 7.89. The average Bonchev–Trinajstić information content (AvgIpc) is 2.86. The van der Waals surface area contributed by atoms with Crippen LogP contribution in [0.4, 0.5) is 13.2 Å². The molecule has 1 aromatic rings. The molecule has 1 aromatic carbocycles. The molecule has 0 saturated carbocycles. The molecule has 1 fully saturated rings. The second-order valence-corrected chi connectivity index (χ2v) is 6.65. The predicted octanol–water partition coefficient (Wildman–Crippen LogP) is 1.55. The summed E-state index contributed by atoms with van der Waals surface area (Å²) in [6.45, 7) is 0.788. The van der Waals surface area contributed by atoms with E-state index in [0.717, 1.165) is 16.4 Å². The summed E-state index contributed by atoms with van der Waals surface area (Å²) < 4.78 is 66.9. The van der Waals surface area contributed by atoms with Gasteiger partial charge in [-0.05, 0) is 31.0 Å². The lowest BCUT2D eigenvalue weighted by molar-refractivity contribution is -0.275. The Hall–Kier alpha value is -1.32. The molecule has 118 valence electrons. The van der Waals surface area contributed by atoms with E-state index in [4.69, 9.17) is 5.73 Å². The summed E-state index contributed by atoms with van der Waals surface area (Å²) in [5, 5.41) is 0. The number of hydrogen-bond donors (Lipinski definition) is 1. The van der Waals surface area contributed by atoms with Crippen LogP contribution < -0.4 is 10.5 Å². The average molecular weight is 324 g/mol. The molecule has 1 unspecified atom stereocenters. The molecule has 0 aromatic heterocycles. The largest absolute Gasteiger partial charge is 0.573 e. The molecule has 5 nitrogen and oxygen atoms in total. The lowest BCUT2D eigenvalue weighted by atomic mass is 10.1. The Labute approximate surface area is 120 Å². The van der Waals surface area contributed by atoms with Crippen molar-refractivity contribution < 1.29 is 26.3 Å². The second-order valence-electron chi connectivity index (χ2n) is 4.75. The van der Waals surface area contributed by atoms with Gasteiger partial charge in [0.15, 0.2) is 0 Å². The molecule has 0 bridgehead atoms. The molecule has 1 aliphatic rings. The maximum absolute atomic E-state index is 12.4. The van der Waals surface area contributed by atoms with Crippen LogP contribution in [0.25, 0.3) is 0 Å². The van der Waals surface area contributed by atoms with E-state index < -0.39 is 27.0 Å². The van der Waals surface area contributed by atoms with E-state index in [1.807, 2.05) is 0 Å². The molecule has 1 heterocycles. The van der Waals surface area contributed by atoms with Gasteiger partial charge in [0.1, 0.15) is 10.6 Å². The summed E-state index contributed by atoms with van der Waals surface area (Å²) >= 11 is 0. The number of nitrogens with zero attached hydrogens (tertiary/aromatic N) is 1. The van der Waals surface area contributed by atoms with Crippen LogP contribution in [-0.4, -0.2) is 38.7 Å². The summed E-state index contributed by atoms with van der Waals surface area (Å²) in [6, 6.07) is 4.72. The maximum Gasteiger partial charge on any atom is 0.573 e. The Morgan fingerprint density at radius 2 is 2.00 bits per heavy atom. The highest BCUT2D eigenvalue weighted by Crippen LogP contribution is 2.33. The maximum atomic E-state index is 12.4. The van der Waals surface area contributed by atoms with Gasteiger partial charge < -0.3 is 10.5 Å². The van der Waals surface area contributed by atoms with E-state index in [0.29, 0.717) is 13.0 Å². The molecule has 1 aliphatic heterocycles. The molecule has 2 N–H and O–H groups in total. The van der Waals surface area contributed by atoms with Crippen molar-refractivity contribution in [2.24, 2.45) is 11.7 Å². The van der Waals surface area contributed by atoms with Crippen LogP contribution >= 0.6 is 0 Å². The minimum Gasteiger partial charge on any atom is -0.404 e. The zero-order chi connectivity index (χ0) is 15.7. The predicted molar refractivity (Wildman–Crippen MR) is 69.0 cm³/mol. The van der Waals surface area contributed by atoms with E-state index in [1.165, 1.54) is 12.1 Å². The van der Waals surface area contributed by atoms with Crippen molar-refractivity contribution in [1.29, 1.82) is 0 Å². The standard InChI is InChI=1S/C12H15F3N2O3S/c13-12(14,15)20-10-3-1-2-4-11(10)21(18,19)17-6-5-9(7-16)8-17/h1-4,9H,5-8,16H2. The summed E-state index contributed by atoms with van der Waals surface area (Å²) in [4.78, 5) is -0.486. The Balaban J connectivity index is 2.33. The van der Waals surface area contributed by atoms with Gasteiger partial charge in [-0.2, -0.15) is 4.31 Å². The number of hydrogen-bond acceptors (Lipinski definition) is 4. The van der Waals surface area contributed by atoms with Crippen molar-refractivity contribution in [2.75, 3.05) is 19.6 Å². The van der Waals surface area contributed by atoms with Gasteiger partial charge in [0, 0.05) is 13.1 Å². The van der Waals surface area contributed by atoms with Gasteiger partial charge in [-0.3, -0.25) is 0 Å². The van der Waals surface area contributed by atoms with Crippen LogP contribution in [0, 0.1) is 5.92 Å². The molecule has 0 aliphatic carbocycles. The number of rotatable bonds is 4. The van der Waals surface area contributed by atoms with E-state index in [-0.39, 0.29) is 19.0 Å². The topological polar surface area (TPSA) is 72.6 Å². The Morgan fingerprint density at radius 1 is 1.33 bits per heavy atom. The molecular formula is C12H15F3N2O3S. The smallest absolute Gasteiger partial charge is 0.404 e. The molecule has 0 amide bonds. The SMILES string of the molecule is NCC1CCN(S(=O)(=O)c2ccccc2OC(F)(F)F)C1. The normalized spacial score (nSPS) is 20.7. The highest BCUT2D eigenvalue weighted by Gasteiger charge is 2.37. The van der Waals surface area contributed by atoms with Crippen molar-refractivity contribution >= 4 is 10.0 Å². The lowest BCUT2D eigenvalue weighted by Crippen LogP contribution is -2.31. The molecule has 1 atom stereocenters. The monoisotopic (exact) mass is 324 g/mol. The highest BCUT2D eigenvalue weighted by atomic mass is 32.2. The molecule has 1 saturated heterocycles. The van der Waals surface area contributed by atoms with Gasteiger partial charge in [-0.1, -0.05) is 12.1 Å². The first kappa shape index (κ1) is 16.1. The van der Waals surface area contributed by atoms with E-state index in [2.05, 4.69) is 4.74 Å². The number of benzene rings is 1. The minimum absolute atomic E-state index is 0.0236. The molecule has 0 radical (unpaired) electrons. The Morgan fingerprint density at radius 3 is 2.57 bits per heavy atom. The first-order chi connectivity index (χ1) is 9.74. The number of para-hydroxylation sites is 1. The number of halogens is 3. The van der Waals surface area contributed by atoms with Gasteiger partial charge in [0.2, 0.25) is 10.0 Å². The zero-order valence-corrected chi connectivity index (χ0v) is 11.8. The minimum atomic E-state index is -4.95. The Bertz CT molecular complexity index is 604. The molecule has 9 heteroatoms. The fraction of sp³-hybridized carbons (Fsp3) is 0.500. The van der Waals surface area contributed by atoms with Crippen molar-refractivity contribution in [3.05, 3.63) is 24.3 Å². The third-order valence-corrected chi connectivity index (χ3v) is 5.18. The first-order valence-electron chi connectivity index (χ1n) is 6.29. The second kappa shape index (κ2) is 5.82.